The standard InChI is InChI=1S/C15H23F3N2O3/c1-5-13(2,3)9-6-7-11-10(8-9)14(22,15(16,17)18)20(19-11)12(21)23-4/h9-10,22H,5-8H2,1-4H3/t9-,10+,14-/m1/s1. The highest BCUT2D eigenvalue weighted by Gasteiger charge is 2.69. The van der Waals surface area contributed by atoms with Gasteiger partial charge < -0.3 is 9.84 Å². The Balaban J connectivity index is 2.40. The summed E-state index contributed by atoms with van der Waals surface area (Å²) < 4.78 is 45.2. The number of rotatable bonds is 2. The lowest BCUT2D eigenvalue weighted by Crippen LogP contribution is -2.62. The average molecular weight is 336 g/mol. The Morgan fingerprint density at radius 2 is 2.09 bits per heavy atom. The average Bonchev–Trinajstić information content (AvgIpc) is 2.80. The van der Waals surface area contributed by atoms with E-state index in [1.165, 1.54) is 0 Å². The van der Waals surface area contributed by atoms with Gasteiger partial charge in [0, 0.05) is 5.71 Å². The van der Waals surface area contributed by atoms with Gasteiger partial charge in [-0.1, -0.05) is 27.2 Å². The molecule has 132 valence electrons. The lowest BCUT2D eigenvalue weighted by molar-refractivity contribution is -0.316. The number of nitrogens with zero attached hydrogens (tertiary/aromatic N) is 2. The molecule has 1 N–H and O–H groups in total. The molecule has 1 heterocycles. The number of aliphatic hydroxyl groups is 1. The zero-order valence-electron chi connectivity index (χ0n) is 13.8. The van der Waals surface area contributed by atoms with Crippen molar-refractivity contribution >= 4 is 11.8 Å². The maximum Gasteiger partial charge on any atom is 0.439 e. The number of fused-ring (bicyclic) bond motifs is 1. The molecular formula is C15H23F3N2O3. The van der Waals surface area contributed by atoms with Gasteiger partial charge in [-0.3, -0.25) is 0 Å². The van der Waals surface area contributed by atoms with Gasteiger partial charge >= 0.3 is 12.3 Å². The maximum atomic E-state index is 13.6. The highest BCUT2D eigenvalue weighted by atomic mass is 19.4. The van der Waals surface area contributed by atoms with Crippen molar-refractivity contribution in [2.45, 2.75) is 58.4 Å². The van der Waals surface area contributed by atoms with Crippen LogP contribution in [0.5, 0.6) is 0 Å². The number of alkyl halides is 3. The summed E-state index contributed by atoms with van der Waals surface area (Å²) >= 11 is 0. The Morgan fingerprint density at radius 3 is 2.57 bits per heavy atom. The molecular weight excluding hydrogens is 313 g/mol. The number of halogens is 3. The molecule has 0 aromatic heterocycles. The first-order valence-corrected chi connectivity index (χ1v) is 7.73. The van der Waals surface area contributed by atoms with Crippen LogP contribution in [0.2, 0.25) is 0 Å². The Bertz CT molecular complexity index is 519. The number of methoxy groups -OCH3 is 1. The minimum atomic E-state index is -5.02. The van der Waals surface area contributed by atoms with Crippen LogP contribution in [0.1, 0.15) is 46.5 Å². The fourth-order valence-electron chi connectivity index (χ4n) is 3.49. The van der Waals surface area contributed by atoms with Crippen LogP contribution >= 0.6 is 0 Å². The number of hydrogen-bond acceptors (Lipinski definition) is 4. The molecule has 0 saturated heterocycles. The number of amides is 1. The second-order valence-electron chi connectivity index (χ2n) is 6.96. The second kappa shape index (κ2) is 5.65. The highest BCUT2D eigenvalue weighted by Crippen LogP contribution is 2.52. The van der Waals surface area contributed by atoms with Gasteiger partial charge in [-0.05, 0) is 30.6 Å². The van der Waals surface area contributed by atoms with E-state index in [-0.39, 0.29) is 28.5 Å². The summed E-state index contributed by atoms with van der Waals surface area (Å²) in [5, 5.41) is 14.2. The molecule has 0 radical (unpaired) electrons. The van der Waals surface area contributed by atoms with E-state index >= 15 is 0 Å². The van der Waals surface area contributed by atoms with Crippen LogP contribution in [-0.2, 0) is 4.74 Å². The molecule has 0 spiro atoms. The fraction of sp³-hybridized carbons (Fsp3) is 0.867. The smallest absolute Gasteiger partial charge is 0.439 e. The lowest BCUT2D eigenvalue weighted by atomic mass is 9.64. The third kappa shape index (κ3) is 2.70. The van der Waals surface area contributed by atoms with E-state index in [0.717, 1.165) is 13.5 Å². The van der Waals surface area contributed by atoms with Crippen LogP contribution in [0.25, 0.3) is 0 Å². The monoisotopic (exact) mass is 336 g/mol. The zero-order valence-corrected chi connectivity index (χ0v) is 13.8. The van der Waals surface area contributed by atoms with Crippen molar-refractivity contribution in [1.29, 1.82) is 0 Å². The molecule has 1 fully saturated rings. The van der Waals surface area contributed by atoms with Crippen molar-refractivity contribution in [2.75, 3.05) is 7.11 Å². The molecule has 0 aromatic carbocycles. The lowest BCUT2D eigenvalue weighted by Gasteiger charge is -2.43. The molecule has 1 aliphatic heterocycles. The maximum absolute atomic E-state index is 13.6. The summed E-state index contributed by atoms with van der Waals surface area (Å²) in [5.74, 6) is -1.23. The first-order chi connectivity index (χ1) is 10.5. The van der Waals surface area contributed by atoms with Gasteiger partial charge in [0.25, 0.3) is 5.72 Å². The van der Waals surface area contributed by atoms with Crippen LogP contribution < -0.4 is 0 Å². The largest absolute Gasteiger partial charge is 0.451 e. The van der Waals surface area contributed by atoms with Crippen LogP contribution in [-0.4, -0.2) is 40.9 Å². The SMILES string of the molecule is CCC(C)(C)[C@@H]1CCC2=NN(C(=O)OC)[C@](O)(C(F)(F)F)[C@H]2C1. The molecule has 0 aromatic rings. The molecule has 1 saturated carbocycles. The highest BCUT2D eigenvalue weighted by molar-refractivity contribution is 5.92. The van der Waals surface area contributed by atoms with E-state index < -0.39 is 23.9 Å². The Kier molecular flexibility index (Phi) is 4.43. The minimum absolute atomic E-state index is 0.0166. The molecule has 0 unspecified atom stereocenters. The zero-order chi connectivity index (χ0) is 17.6. The van der Waals surface area contributed by atoms with E-state index in [0.29, 0.717) is 12.8 Å². The third-order valence-corrected chi connectivity index (χ3v) is 5.49. The number of carbonyl (C=O) groups is 1. The van der Waals surface area contributed by atoms with E-state index in [1.54, 1.807) is 0 Å². The predicted octanol–water partition coefficient (Wildman–Crippen LogP) is 3.53. The van der Waals surface area contributed by atoms with E-state index in [2.05, 4.69) is 9.84 Å². The van der Waals surface area contributed by atoms with Crippen LogP contribution in [0.4, 0.5) is 18.0 Å². The number of hydrogen-bond donors (Lipinski definition) is 1. The quantitative estimate of drug-likeness (QED) is 0.839. The fourth-order valence-corrected chi connectivity index (χ4v) is 3.49. The number of hydrazone groups is 1. The van der Waals surface area contributed by atoms with Gasteiger partial charge in [0.15, 0.2) is 0 Å². The summed E-state index contributed by atoms with van der Waals surface area (Å²) in [5.41, 5.74) is -3.26. The minimum Gasteiger partial charge on any atom is -0.451 e. The van der Waals surface area contributed by atoms with Crippen molar-refractivity contribution in [3.63, 3.8) is 0 Å². The summed E-state index contributed by atoms with van der Waals surface area (Å²) in [6.07, 6.45) is -4.33. The third-order valence-electron chi connectivity index (χ3n) is 5.49. The molecule has 2 rings (SSSR count). The Hall–Kier alpha value is -1.31. The number of ether oxygens (including phenoxy) is 1. The van der Waals surface area contributed by atoms with Gasteiger partial charge in [0.1, 0.15) is 0 Å². The van der Waals surface area contributed by atoms with Crippen LogP contribution in [0, 0.1) is 17.3 Å². The van der Waals surface area contributed by atoms with E-state index in [1.807, 2.05) is 20.8 Å². The molecule has 1 amide bonds. The summed E-state index contributed by atoms with van der Waals surface area (Å²) in [6, 6.07) is 0. The van der Waals surface area contributed by atoms with Crippen molar-refractivity contribution in [2.24, 2.45) is 22.4 Å². The van der Waals surface area contributed by atoms with Gasteiger partial charge in [-0.25, -0.2) is 4.79 Å². The van der Waals surface area contributed by atoms with Gasteiger partial charge in [-0.15, -0.1) is 0 Å². The van der Waals surface area contributed by atoms with Gasteiger partial charge in [0.05, 0.1) is 13.0 Å². The molecule has 0 bridgehead atoms. The van der Waals surface area contributed by atoms with Crippen molar-refractivity contribution in [3.8, 4) is 0 Å². The molecule has 5 nitrogen and oxygen atoms in total. The first kappa shape index (κ1) is 18.0. The molecule has 8 heteroatoms. The normalized spacial score (nSPS) is 31.7. The van der Waals surface area contributed by atoms with Crippen molar-refractivity contribution < 1.29 is 27.8 Å². The molecule has 1 aliphatic carbocycles. The molecule has 2 aliphatic rings. The predicted molar refractivity (Wildman–Crippen MR) is 77.6 cm³/mol. The Morgan fingerprint density at radius 1 is 1.48 bits per heavy atom. The van der Waals surface area contributed by atoms with Crippen LogP contribution in [0.15, 0.2) is 5.10 Å². The first-order valence-electron chi connectivity index (χ1n) is 7.73. The summed E-state index contributed by atoms with van der Waals surface area (Å²) in [7, 11) is 0.963. The molecule has 3 atom stereocenters. The summed E-state index contributed by atoms with van der Waals surface area (Å²) in [4.78, 5) is 11.7. The van der Waals surface area contributed by atoms with Crippen molar-refractivity contribution in [1.82, 2.24) is 5.01 Å². The van der Waals surface area contributed by atoms with Crippen molar-refractivity contribution in [3.05, 3.63) is 0 Å². The second-order valence-corrected chi connectivity index (χ2v) is 6.96. The topological polar surface area (TPSA) is 62.1 Å². The van der Waals surface area contributed by atoms with Crippen LogP contribution in [0.3, 0.4) is 0 Å². The van der Waals surface area contributed by atoms with E-state index in [4.69, 9.17) is 0 Å². The molecule has 23 heavy (non-hydrogen) atoms. The number of carbonyl (C=O) groups excluding carboxylic acids is 1. The van der Waals surface area contributed by atoms with E-state index in [9.17, 15) is 23.1 Å². The Labute approximate surface area is 133 Å². The summed E-state index contributed by atoms with van der Waals surface area (Å²) in [6.45, 7) is 6.02. The van der Waals surface area contributed by atoms with Gasteiger partial charge in [-0.2, -0.15) is 23.3 Å². The van der Waals surface area contributed by atoms with Gasteiger partial charge in [0.2, 0.25) is 0 Å².